The molecule has 0 spiro atoms. The van der Waals surface area contributed by atoms with Gasteiger partial charge in [-0.05, 0) is 30.7 Å². The quantitative estimate of drug-likeness (QED) is 0.771. The summed E-state index contributed by atoms with van der Waals surface area (Å²) in [5, 5.41) is 0.654. The third kappa shape index (κ3) is 2.33. The Labute approximate surface area is 109 Å². The van der Waals surface area contributed by atoms with Crippen molar-refractivity contribution in [2.24, 2.45) is 0 Å². The lowest BCUT2D eigenvalue weighted by molar-refractivity contribution is 0.103. The number of aryl methyl sites for hydroxylation is 1. The lowest BCUT2D eigenvalue weighted by atomic mass is 10.0. The van der Waals surface area contributed by atoms with Crippen LogP contribution in [0.5, 0.6) is 0 Å². The number of nitrogens with zero attached hydrogens (tertiary/aromatic N) is 1. The van der Waals surface area contributed by atoms with E-state index in [1.807, 2.05) is 6.92 Å². The first-order chi connectivity index (χ1) is 8.11. The van der Waals surface area contributed by atoms with Gasteiger partial charge in [0, 0.05) is 23.5 Å². The van der Waals surface area contributed by atoms with E-state index in [9.17, 15) is 4.79 Å². The summed E-state index contributed by atoms with van der Waals surface area (Å²) in [5.74, 6) is -0.164. The van der Waals surface area contributed by atoms with E-state index in [2.05, 4.69) is 4.98 Å². The molecular weight excluding hydrogens is 257 g/mol. The molecule has 0 bridgehead atoms. The number of halogens is 2. The van der Waals surface area contributed by atoms with Gasteiger partial charge in [0.15, 0.2) is 5.78 Å². The Kier molecular flexibility index (Phi) is 3.46. The second-order valence-electron chi connectivity index (χ2n) is 3.62. The van der Waals surface area contributed by atoms with Crippen LogP contribution in [0.4, 0.5) is 0 Å². The van der Waals surface area contributed by atoms with Crippen LogP contribution in [0, 0.1) is 6.92 Å². The van der Waals surface area contributed by atoms with Crippen LogP contribution in [0.2, 0.25) is 10.0 Å². The molecule has 2 aromatic rings. The van der Waals surface area contributed by atoms with Crippen LogP contribution in [0.15, 0.2) is 36.7 Å². The maximum Gasteiger partial charge on any atom is 0.196 e. The number of ketones is 1. The minimum Gasteiger partial charge on any atom is -0.288 e. The Bertz CT molecular complexity index is 581. The second-order valence-corrected chi connectivity index (χ2v) is 4.41. The van der Waals surface area contributed by atoms with E-state index in [1.165, 1.54) is 6.20 Å². The molecule has 0 fully saturated rings. The molecule has 0 aliphatic carbocycles. The SMILES string of the molecule is Cc1ccncc1C(=O)c1cccc(Cl)c1Cl. The highest BCUT2D eigenvalue weighted by molar-refractivity contribution is 6.44. The van der Waals surface area contributed by atoms with E-state index in [0.717, 1.165) is 5.56 Å². The van der Waals surface area contributed by atoms with Crippen LogP contribution in [0.1, 0.15) is 21.5 Å². The molecule has 17 heavy (non-hydrogen) atoms. The zero-order chi connectivity index (χ0) is 12.4. The van der Waals surface area contributed by atoms with Gasteiger partial charge in [0.05, 0.1) is 10.0 Å². The van der Waals surface area contributed by atoms with E-state index < -0.39 is 0 Å². The van der Waals surface area contributed by atoms with E-state index in [4.69, 9.17) is 23.2 Å². The van der Waals surface area contributed by atoms with Crippen molar-refractivity contribution in [2.45, 2.75) is 6.92 Å². The topological polar surface area (TPSA) is 30.0 Å². The first-order valence-corrected chi connectivity index (χ1v) is 5.76. The number of rotatable bonds is 2. The van der Waals surface area contributed by atoms with E-state index >= 15 is 0 Å². The molecule has 0 saturated carbocycles. The molecule has 0 atom stereocenters. The molecule has 1 heterocycles. The molecule has 0 unspecified atom stereocenters. The van der Waals surface area contributed by atoms with Gasteiger partial charge < -0.3 is 0 Å². The van der Waals surface area contributed by atoms with Crippen molar-refractivity contribution in [3.8, 4) is 0 Å². The Morgan fingerprint density at radius 3 is 2.65 bits per heavy atom. The summed E-state index contributed by atoms with van der Waals surface area (Å²) in [7, 11) is 0. The minimum absolute atomic E-state index is 0.164. The Hall–Kier alpha value is -1.38. The predicted octanol–water partition coefficient (Wildman–Crippen LogP) is 3.93. The van der Waals surface area contributed by atoms with Crippen LogP contribution in [-0.2, 0) is 0 Å². The van der Waals surface area contributed by atoms with Gasteiger partial charge in [-0.25, -0.2) is 0 Å². The Morgan fingerprint density at radius 1 is 1.18 bits per heavy atom. The van der Waals surface area contributed by atoms with Crippen molar-refractivity contribution in [3.05, 3.63) is 63.4 Å². The van der Waals surface area contributed by atoms with Crippen molar-refractivity contribution < 1.29 is 4.79 Å². The number of aromatic nitrogens is 1. The Balaban J connectivity index is 2.52. The maximum absolute atomic E-state index is 12.3. The molecule has 0 aliphatic rings. The van der Waals surface area contributed by atoms with Crippen LogP contribution < -0.4 is 0 Å². The summed E-state index contributed by atoms with van der Waals surface area (Å²) in [6, 6.07) is 6.79. The van der Waals surface area contributed by atoms with Gasteiger partial charge in [-0.3, -0.25) is 9.78 Å². The first-order valence-electron chi connectivity index (χ1n) is 5.00. The molecule has 1 aromatic heterocycles. The minimum atomic E-state index is -0.164. The van der Waals surface area contributed by atoms with E-state index in [1.54, 1.807) is 30.5 Å². The molecule has 2 rings (SSSR count). The molecule has 0 radical (unpaired) electrons. The van der Waals surface area contributed by atoms with Gasteiger partial charge >= 0.3 is 0 Å². The molecule has 0 N–H and O–H groups in total. The number of pyridine rings is 1. The number of carbonyl (C=O) groups is 1. The summed E-state index contributed by atoms with van der Waals surface area (Å²) in [4.78, 5) is 16.2. The average molecular weight is 266 g/mol. The molecule has 1 aromatic carbocycles. The third-order valence-corrected chi connectivity index (χ3v) is 3.30. The van der Waals surface area contributed by atoms with Gasteiger partial charge in [0.25, 0.3) is 0 Å². The normalized spacial score (nSPS) is 10.3. The number of benzene rings is 1. The highest BCUT2D eigenvalue weighted by atomic mass is 35.5. The second kappa shape index (κ2) is 4.86. The van der Waals surface area contributed by atoms with Gasteiger partial charge in [-0.1, -0.05) is 29.3 Å². The summed E-state index contributed by atoms with van der Waals surface area (Å²) in [5.41, 5.74) is 1.80. The van der Waals surface area contributed by atoms with Crippen LogP contribution in [0.3, 0.4) is 0 Å². The van der Waals surface area contributed by atoms with Crippen LogP contribution in [0.25, 0.3) is 0 Å². The van der Waals surface area contributed by atoms with Crippen molar-refractivity contribution >= 4 is 29.0 Å². The first kappa shape index (κ1) is 12.1. The van der Waals surface area contributed by atoms with Crippen molar-refractivity contribution in [2.75, 3.05) is 0 Å². The fourth-order valence-electron chi connectivity index (χ4n) is 1.53. The maximum atomic E-state index is 12.3. The van der Waals surface area contributed by atoms with Crippen molar-refractivity contribution in [1.82, 2.24) is 4.98 Å². The van der Waals surface area contributed by atoms with E-state index in [-0.39, 0.29) is 10.8 Å². The highest BCUT2D eigenvalue weighted by Gasteiger charge is 2.16. The van der Waals surface area contributed by atoms with Crippen LogP contribution >= 0.6 is 23.2 Å². The molecule has 2 nitrogen and oxygen atoms in total. The van der Waals surface area contributed by atoms with Crippen molar-refractivity contribution in [3.63, 3.8) is 0 Å². The number of hydrogen-bond donors (Lipinski definition) is 0. The molecule has 0 saturated heterocycles. The van der Waals surface area contributed by atoms with Crippen LogP contribution in [-0.4, -0.2) is 10.8 Å². The summed E-state index contributed by atoms with van der Waals surface area (Å²) >= 11 is 11.9. The molecule has 0 aliphatic heterocycles. The summed E-state index contributed by atoms with van der Waals surface area (Å²) in [6.45, 7) is 1.85. The Morgan fingerprint density at radius 2 is 1.94 bits per heavy atom. The zero-order valence-electron chi connectivity index (χ0n) is 9.08. The summed E-state index contributed by atoms with van der Waals surface area (Å²) in [6.07, 6.45) is 3.18. The highest BCUT2D eigenvalue weighted by Crippen LogP contribution is 2.27. The van der Waals surface area contributed by atoms with Gasteiger partial charge in [-0.15, -0.1) is 0 Å². The molecule has 4 heteroatoms. The largest absolute Gasteiger partial charge is 0.288 e. The lowest BCUT2D eigenvalue weighted by Crippen LogP contribution is -2.05. The average Bonchev–Trinajstić information content (AvgIpc) is 2.32. The summed E-state index contributed by atoms with van der Waals surface area (Å²) < 4.78 is 0. The molecular formula is C13H9Cl2NO. The van der Waals surface area contributed by atoms with E-state index in [0.29, 0.717) is 16.1 Å². The monoisotopic (exact) mass is 265 g/mol. The molecule has 86 valence electrons. The van der Waals surface area contributed by atoms with Gasteiger partial charge in [0.2, 0.25) is 0 Å². The fraction of sp³-hybridized carbons (Fsp3) is 0.0769. The lowest BCUT2D eigenvalue weighted by Gasteiger charge is -2.06. The van der Waals surface area contributed by atoms with Gasteiger partial charge in [0.1, 0.15) is 0 Å². The predicted molar refractivity (Wildman–Crippen MR) is 68.9 cm³/mol. The van der Waals surface area contributed by atoms with Gasteiger partial charge in [-0.2, -0.15) is 0 Å². The smallest absolute Gasteiger partial charge is 0.196 e. The number of hydrogen-bond acceptors (Lipinski definition) is 2. The third-order valence-electron chi connectivity index (χ3n) is 2.48. The van der Waals surface area contributed by atoms with Crippen molar-refractivity contribution in [1.29, 1.82) is 0 Å². The number of carbonyl (C=O) groups excluding carboxylic acids is 1. The molecule has 0 amide bonds. The standard InChI is InChI=1S/C13H9Cl2NO/c1-8-5-6-16-7-10(8)13(17)9-3-2-4-11(14)12(9)15/h2-7H,1H3. The fourth-order valence-corrected chi connectivity index (χ4v) is 1.91. The zero-order valence-corrected chi connectivity index (χ0v) is 10.6.